The van der Waals surface area contributed by atoms with Crippen molar-refractivity contribution in [2.75, 3.05) is 18.4 Å². The molecular weight excluding hydrogens is 217 g/mol. The predicted molar refractivity (Wildman–Crippen MR) is 69.5 cm³/mol. The van der Waals surface area contributed by atoms with Crippen LogP contribution in [0, 0.1) is 11.7 Å². The summed E-state index contributed by atoms with van der Waals surface area (Å²) in [6.07, 6.45) is 2.28. The molecule has 0 saturated carbocycles. The number of aromatic nitrogens is 1. The van der Waals surface area contributed by atoms with E-state index < -0.39 is 0 Å². The van der Waals surface area contributed by atoms with E-state index in [2.05, 4.69) is 36.4 Å². The van der Waals surface area contributed by atoms with Gasteiger partial charge in [0.15, 0.2) is 0 Å². The third-order valence-electron chi connectivity index (χ3n) is 2.34. The van der Waals surface area contributed by atoms with Crippen LogP contribution in [-0.2, 0) is 6.54 Å². The Hall–Kier alpha value is -1.16. The summed E-state index contributed by atoms with van der Waals surface area (Å²) < 4.78 is 13.1. The van der Waals surface area contributed by atoms with E-state index in [4.69, 9.17) is 0 Å². The molecule has 1 heterocycles. The number of halogens is 1. The van der Waals surface area contributed by atoms with Gasteiger partial charge >= 0.3 is 0 Å². The number of nitrogens with zero attached hydrogens (tertiary/aromatic N) is 1. The van der Waals surface area contributed by atoms with Crippen molar-refractivity contribution in [1.29, 1.82) is 0 Å². The SMILES string of the molecule is CCCNc1ncc(F)cc1CNCC(C)C. The summed E-state index contributed by atoms with van der Waals surface area (Å²) in [6, 6.07) is 1.54. The highest BCUT2D eigenvalue weighted by Gasteiger charge is 2.05. The van der Waals surface area contributed by atoms with Crippen molar-refractivity contribution in [1.82, 2.24) is 10.3 Å². The second-order valence-electron chi connectivity index (χ2n) is 4.61. The number of rotatable bonds is 7. The minimum Gasteiger partial charge on any atom is -0.370 e. The van der Waals surface area contributed by atoms with E-state index >= 15 is 0 Å². The molecule has 17 heavy (non-hydrogen) atoms. The van der Waals surface area contributed by atoms with Gasteiger partial charge in [0, 0.05) is 18.7 Å². The summed E-state index contributed by atoms with van der Waals surface area (Å²) in [5.41, 5.74) is 0.888. The second-order valence-corrected chi connectivity index (χ2v) is 4.61. The predicted octanol–water partition coefficient (Wildman–Crippen LogP) is 2.79. The van der Waals surface area contributed by atoms with Gasteiger partial charge in [-0.1, -0.05) is 20.8 Å². The van der Waals surface area contributed by atoms with E-state index in [0.29, 0.717) is 12.5 Å². The van der Waals surface area contributed by atoms with Gasteiger partial charge in [-0.15, -0.1) is 0 Å². The van der Waals surface area contributed by atoms with Gasteiger partial charge in [-0.3, -0.25) is 0 Å². The van der Waals surface area contributed by atoms with Crippen LogP contribution in [0.1, 0.15) is 32.8 Å². The van der Waals surface area contributed by atoms with Crippen LogP contribution in [0.25, 0.3) is 0 Å². The van der Waals surface area contributed by atoms with Crippen LogP contribution in [-0.4, -0.2) is 18.1 Å². The quantitative estimate of drug-likeness (QED) is 0.768. The van der Waals surface area contributed by atoms with Crippen molar-refractivity contribution in [3.8, 4) is 0 Å². The molecule has 0 aliphatic carbocycles. The molecule has 0 atom stereocenters. The maximum absolute atomic E-state index is 13.1. The molecule has 0 aliphatic heterocycles. The molecule has 3 nitrogen and oxygen atoms in total. The fourth-order valence-electron chi connectivity index (χ4n) is 1.51. The average molecular weight is 239 g/mol. The summed E-state index contributed by atoms with van der Waals surface area (Å²) in [4.78, 5) is 4.09. The summed E-state index contributed by atoms with van der Waals surface area (Å²) in [6.45, 7) is 8.81. The fourth-order valence-corrected chi connectivity index (χ4v) is 1.51. The van der Waals surface area contributed by atoms with Crippen LogP contribution in [0.4, 0.5) is 10.2 Å². The minimum atomic E-state index is -0.284. The highest BCUT2D eigenvalue weighted by atomic mass is 19.1. The number of nitrogens with one attached hydrogen (secondary N) is 2. The Balaban J connectivity index is 2.62. The Morgan fingerprint density at radius 3 is 2.82 bits per heavy atom. The van der Waals surface area contributed by atoms with Crippen LogP contribution in [0.15, 0.2) is 12.3 Å². The number of hydrogen-bond donors (Lipinski definition) is 2. The highest BCUT2D eigenvalue weighted by molar-refractivity contribution is 5.43. The smallest absolute Gasteiger partial charge is 0.141 e. The summed E-state index contributed by atoms with van der Waals surface area (Å²) in [5, 5.41) is 6.51. The normalized spacial score (nSPS) is 10.9. The van der Waals surface area contributed by atoms with Crippen molar-refractivity contribution in [3.63, 3.8) is 0 Å². The molecule has 1 rings (SSSR count). The van der Waals surface area contributed by atoms with Crippen LogP contribution in [0.2, 0.25) is 0 Å². The summed E-state index contributed by atoms with van der Waals surface area (Å²) in [5.74, 6) is 1.08. The first kappa shape index (κ1) is 13.9. The number of hydrogen-bond acceptors (Lipinski definition) is 3. The lowest BCUT2D eigenvalue weighted by molar-refractivity contribution is 0.549. The standard InChI is InChI=1S/C13H22FN3/c1-4-5-16-13-11(6-12(14)9-17-13)8-15-7-10(2)3/h6,9-10,15H,4-5,7-8H2,1-3H3,(H,16,17). The topological polar surface area (TPSA) is 37.0 Å². The van der Waals surface area contributed by atoms with Gasteiger partial charge in [0.2, 0.25) is 0 Å². The number of anilines is 1. The van der Waals surface area contributed by atoms with Gasteiger partial charge in [-0.2, -0.15) is 0 Å². The van der Waals surface area contributed by atoms with Crippen molar-refractivity contribution in [2.45, 2.75) is 33.7 Å². The molecule has 0 amide bonds. The first-order valence-electron chi connectivity index (χ1n) is 6.22. The second kappa shape index (κ2) is 7.22. The van der Waals surface area contributed by atoms with E-state index in [1.165, 1.54) is 6.20 Å². The Morgan fingerprint density at radius 1 is 1.41 bits per heavy atom. The van der Waals surface area contributed by atoms with Crippen LogP contribution < -0.4 is 10.6 Å². The molecule has 0 aliphatic rings. The highest BCUT2D eigenvalue weighted by Crippen LogP contribution is 2.13. The van der Waals surface area contributed by atoms with Crippen LogP contribution in [0.5, 0.6) is 0 Å². The molecule has 1 aromatic rings. The molecular formula is C13H22FN3. The number of pyridine rings is 1. The minimum absolute atomic E-state index is 0.284. The maximum Gasteiger partial charge on any atom is 0.141 e. The third-order valence-corrected chi connectivity index (χ3v) is 2.34. The van der Waals surface area contributed by atoms with E-state index in [-0.39, 0.29) is 5.82 Å². The first-order chi connectivity index (χ1) is 8.13. The van der Waals surface area contributed by atoms with Gasteiger partial charge in [0.05, 0.1) is 6.20 Å². The van der Waals surface area contributed by atoms with Crippen molar-refractivity contribution in [3.05, 3.63) is 23.6 Å². The van der Waals surface area contributed by atoms with Gasteiger partial charge < -0.3 is 10.6 Å². The van der Waals surface area contributed by atoms with Gasteiger partial charge in [-0.25, -0.2) is 9.37 Å². The van der Waals surface area contributed by atoms with Crippen molar-refractivity contribution in [2.24, 2.45) is 5.92 Å². The molecule has 0 bridgehead atoms. The molecule has 0 spiro atoms. The van der Waals surface area contributed by atoms with Gasteiger partial charge in [0.25, 0.3) is 0 Å². The lowest BCUT2D eigenvalue weighted by Gasteiger charge is -2.12. The van der Waals surface area contributed by atoms with Crippen molar-refractivity contribution < 1.29 is 4.39 Å². The zero-order valence-corrected chi connectivity index (χ0v) is 10.9. The molecule has 0 aromatic carbocycles. The monoisotopic (exact) mass is 239 g/mol. The van der Waals surface area contributed by atoms with E-state index in [9.17, 15) is 4.39 Å². The van der Waals surface area contributed by atoms with E-state index in [0.717, 1.165) is 30.9 Å². The van der Waals surface area contributed by atoms with Gasteiger partial charge in [0.1, 0.15) is 11.6 Å². The summed E-state index contributed by atoms with van der Waals surface area (Å²) >= 11 is 0. The zero-order valence-electron chi connectivity index (χ0n) is 10.9. The molecule has 4 heteroatoms. The average Bonchev–Trinajstić information content (AvgIpc) is 2.27. The fraction of sp³-hybridized carbons (Fsp3) is 0.615. The molecule has 96 valence electrons. The zero-order chi connectivity index (χ0) is 12.7. The molecule has 0 saturated heterocycles. The Morgan fingerprint density at radius 2 is 2.18 bits per heavy atom. The molecule has 2 N–H and O–H groups in total. The molecule has 0 radical (unpaired) electrons. The largest absolute Gasteiger partial charge is 0.370 e. The first-order valence-corrected chi connectivity index (χ1v) is 6.22. The lowest BCUT2D eigenvalue weighted by Crippen LogP contribution is -2.20. The Bertz CT molecular complexity index is 339. The Labute approximate surface area is 103 Å². The third kappa shape index (κ3) is 5.13. The van der Waals surface area contributed by atoms with Crippen LogP contribution >= 0.6 is 0 Å². The van der Waals surface area contributed by atoms with E-state index in [1.54, 1.807) is 6.07 Å². The summed E-state index contributed by atoms with van der Waals surface area (Å²) in [7, 11) is 0. The van der Waals surface area contributed by atoms with Crippen LogP contribution in [0.3, 0.4) is 0 Å². The lowest BCUT2D eigenvalue weighted by atomic mass is 10.2. The van der Waals surface area contributed by atoms with E-state index in [1.807, 2.05) is 0 Å². The molecule has 0 unspecified atom stereocenters. The van der Waals surface area contributed by atoms with Crippen molar-refractivity contribution >= 4 is 5.82 Å². The Kier molecular flexibility index (Phi) is 5.91. The molecule has 1 aromatic heterocycles. The maximum atomic E-state index is 13.1. The molecule has 0 fully saturated rings. The van der Waals surface area contributed by atoms with Gasteiger partial charge in [-0.05, 0) is 24.9 Å².